The lowest BCUT2D eigenvalue weighted by molar-refractivity contribution is 0.0521. The maximum atomic E-state index is 8.88. The van der Waals surface area contributed by atoms with Crippen LogP contribution in [0.3, 0.4) is 0 Å². The van der Waals surface area contributed by atoms with Crippen LogP contribution in [0.2, 0.25) is 0 Å². The first-order valence-electron chi connectivity index (χ1n) is 40.7. The molecule has 0 aromatic rings. The summed E-state index contributed by atoms with van der Waals surface area (Å²) in [7, 11) is 0. The van der Waals surface area contributed by atoms with Crippen LogP contribution in [0.4, 0.5) is 0 Å². The van der Waals surface area contributed by atoms with Crippen molar-refractivity contribution in [1.29, 1.82) is 0 Å². The summed E-state index contributed by atoms with van der Waals surface area (Å²) in [4.78, 5) is 0. The van der Waals surface area contributed by atoms with Crippen molar-refractivity contribution in [3.63, 3.8) is 0 Å². The Morgan fingerprint density at radius 2 is 0.528 bits per heavy atom. The molecule has 0 fully saturated rings. The smallest absolute Gasteiger partial charge is 0.0796 e. The van der Waals surface area contributed by atoms with E-state index in [-0.39, 0.29) is 140 Å². The second-order valence-corrected chi connectivity index (χ2v) is 27.0. The van der Waals surface area contributed by atoms with Crippen molar-refractivity contribution < 1.29 is 128 Å². The van der Waals surface area contributed by atoms with Crippen LogP contribution in [0.1, 0.15) is 306 Å². The van der Waals surface area contributed by atoms with E-state index in [9.17, 15) is 0 Å². The molecule has 0 radical (unpaired) electrons. The van der Waals surface area contributed by atoms with Gasteiger partial charge in [-0.2, -0.15) is 0 Å². The van der Waals surface area contributed by atoms with Gasteiger partial charge in [0, 0.05) is 135 Å². The van der Waals surface area contributed by atoms with E-state index >= 15 is 0 Å². The quantitative estimate of drug-likeness (QED) is 0.0255. The second-order valence-electron chi connectivity index (χ2n) is 27.0. The fourth-order valence-corrected chi connectivity index (χ4v) is 5.24. The molecule has 0 rings (SSSR count). The van der Waals surface area contributed by atoms with Gasteiger partial charge in [-0.3, -0.25) is 0 Å². The van der Waals surface area contributed by atoms with Gasteiger partial charge in [-0.25, -0.2) is 0 Å². The van der Waals surface area contributed by atoms with Gasteiger partial charge in [0.2, 0.25) is 0 Å². The van der Waals surface area contributed by atoms with Crippen molar-refractivity contribution in [3.05, 3.63) is 0 Å². The lowest BCUT2D eigenvalue weighted by Gasteiger charge is -2.16. The highest BCUT2D eigenvalue weighted by molar-refractivity contribution is 4.62. The molecule has 25 heteroatoms. The molecule has 0 bridgehead atoms. The highest BCUT2D eigenvalue weighted by atomic mass is 16.3. The molecule has 25 N–H and O–H groups in total. The van der Waals surface area contributed by atoms with E-state index in [0.29, 0.717) is 70.2 Å². The summed E-state index contributed by atoms with van der Waals surface area (Å²) in [6.07, 6.45) is 22.7. The average Bonchev–Trinajstić information content (AvgIpc) is 1.02. The molecule has 0 aliphatic rings. The van der Waals surface area contributed by atoms with Crippen LogP contribution in [0.15, 0.2) is 0 Å². The molecule has 0 aliphatic heterocycles. The van der Waals surface area contributed by atoms with Gasteiger partial charge in [-0.1, -0.05) is 235 Å². The third-order valence-corrected chi connectivity index (χ3v) is 14.9. The molecule has 0 heterocycles. The number of hydrogen-bond acceptors (Lipinski definition) is 25. The Kier molecular flexibility index (Phi) is 193. The summed E-state index contributed by atoms with van der Waals surface area (Å²) in [6, 6.07) is 0. The molecular formula is C81H194O25. The minimum Gasteiger partial charge on any atom is -0.396 e. The molecule has 106 heavy (non-hydrogen) atoms. The minimum atomic E-state index is -0.542. The Morgan fingerprint density at radius 1 is 0.217 bits per heavy atom. The van der Waals surface area contributed by atoms with E-state index < -0.39 is 24.4 Å². The standard InChI is InChI=1S/C7H16O2.C7H16O.3C6H14O2.C6H14O.3C5H12O2.C5H12O.2C4H10O2.3C4H10O.C3H8O/c1-3-6(2)7(4-8)5-9;1-2-3-4-5-6-7-8;1-5(2)6(3-7)4-8;1-3-5(2)6(8)4-7;1-2-3-6(4-7)5-8;1-2-3-4-5-6-7;1-4(2)5(7)3-6;1-2-5(3-6)4-7;1-2-3-5(7)4-6;1-2-3-4-5-6;1-4(2-5)3-6;1-2-4(6)3-5;1-4(2)3-5;1-3-4(2)5;1-2-3-4-5;1-2-3-4/h6-9H,3-5H2,1-2H3;8H,2-7H2,1H3;2*5-8H,3-4H2,1-2H3;6-8H,2-5H2,1H3;7H,2-6H2,1H3;4-7H,3H2,1-2H3;2*5-7H,2-4H2,1H3;6H,2-5H2,1H3;2*4-6H,2-3H2,1H3;2*4-5H,3H2,1-2H3;5H,2-4H2,1H3;4H,2-3H2,1H3. The van der Waals surface area contributed by atoms with Crippen molar-refractivity contribution in [2.24, 2.45) is 59.2 Å². The normalized spacial score (nSPS) is 11.9. The van der Waals surface area contributed by atoms with Gasteiger partial charge >= 0.3 is 0 Å². The molecule has 0 saturated carbocycles. The van der Waals surface area contributed by atoms with Crippen molar-refractivity contribution in [2.75, 3.05) is 132 Å². The summed E-state index contributed by atoms with van der Waals surface area (Å²) >= 11 is 0. The second kappa shape index (κ2) is 142. The third kappa shape index (κ3) is 186. The van der Waals surface area contributed by atoms with E-state index in [1.165, 1.54) is 51.4 Å². The molecule has 0 aliphatic carbocycles. The highest BCUT2D eigenvalue weighted by Crippen LogP contribution is 2.13. The average molecular weight is 1570 g/mol. The summed E-state index contributed by atoms with van der Waals surface area (Å²) in [6.45, 7) is 46.0. The molecule has 0 saturated heterocycles. The lowest BCUT2D eigenvalue weighted by Crippen LogP contribution is -2.20. The predicted octanol–water partition coefficient (Wildman–Crippen LogP) is 8.40. The number of hydrogen-bond donors (Lipinski definition) is 25. The van der Waals surface area contributed by atoms with Crippen LogP contribution in [0.25, 0.3) is 0 Å². The van der Waals surface area contributed by atoms with E-state index in [1.54, 1.807) is 13.8 Å². The van der Waals surface area contributed by atoms with Gasteiger partial charge in [0.25, 0.3) is 0 Å². The topological polar surface area (TPSA) is 506 Å². The maximum absolute atomic E-state index is 8.88. The van der Waals surface area contributed by atoms with Crippen LogP contribution < -0.4 is 0 Å². The Bertz CT molecular complexity index is 1150. The van der Waals surface area contributed by atoms with Crippen LogP contribution >= 0.6 is 0 Å². The van der Waals surface area contributed by atoms with Crippen LogP contribution in [0, 0.1) is 59.2 Å². The Labute approximate surface area is 653 Å². The monoisotopic (exact) mass is 1570 g/mol. The molecular weight excluding hydrogens is 1370 g/mol. The first kappa shape index (κ1) is 143. The summed E-state index contributed by atoms with van der Waals surface area (Å²) in [5, 5.41) is 209. The van der Waals surface area contributed by atoms with E-state index in [2.05, 4.69) is 34.6 Å². The van der Waals surface area contributed by atoms with Crippen molar-refractivity contribution >= 4 is 0 Å². The Hall–Kier alpha value is -1.00. The fourth-order valence-electron chi connectivity index (χ4n) is 5.24. The van der Waals surface area contributed by atoms with Gasteiger partial charge in [-0.05, 0) is 101 Å². The van der Waals surface area contributed by atoms with Crippen LogP contribution in [-0.4, -0.2) is 290 Å². The first-order valence-corrected chi connectivity index (χ1v) is 40.7. The lowest BCUT2D eigenvalue weighted by atomic mass is 9.93. The molecule has 0 amide bonds. The van der Waals surface area contributed by atoms with Gasteiger partial charge < -0.3 is 128 Å². The number of aliphatic hydroxyl groups excluding tert-OH is 25. The minimum absolute atomic E-state index is 0.0463. The molecule has 668 valence electrons. The first-order chi connectivity index (χ1) is 50.1. The molecule has 0 aromatic heterocycles. The molecule has 25 nitrogen and oxygen atoms in total. The summed E-state index contributed by atoms with van der Waals surface area (Å²) < 4.78 is 0. The number of aliphatic hydroxyl groups is 25. The van der Waals surface area contributed by atoms with Crippen molar-refractivity contribution in [2.45, 2.75) is 337 Å². The van der Waals surface area contributed by atoms with Gasteiger partial charge in [0.05, 0.1) is 56.9 Å². The zero-order chi connectivity index (χ0) is 86.8. The summed E-state index contributed by atoms with van der Waals surface area (Å²) in [5.41, 5.74) is 0. The molecule has 7 atom stereocenters. The predicted molar refractivity (Wildman–Crippen MR) is 442 cm³/mol. The van der Waals surface area contributed by atoms with Crippen LogP contribution in [-0.2, 0) is 0 Å². The zero-order valence-electron chi connectivity index (χ0n) is 73.0. The largest absolute Gasteiger partial charge is 0.396 e. The molecule has 0 spiro atoms. The van der Waals surface area contributed by atoms with E-state index in [0.717, 1.165) is 89.9 Å². The maximum Gasteiger partial charge on any atom is 0.0796 e. The van der Waals surface area contributed by atoms with E-state index in [1.807, 2.05) is 104 Å². The Morgan fingerprint density at radius 3 is 0.623 bits per heavy atom. The summed E-state index contributed by atoms with van der Waals surface area (Å²) in [5.74, 6) is 2.04. The number of rotatable bonds is 43. The highest BCUT2D eigenvalue weighted by Gasteiger charge is 2.13. The SMILES string of the molecule is CC(C)C(CO)CO.CC(C)C(O)CO.CC(C)CO.CC(CO)CO.CCC(C)C(CO)CO.CCC(C)C(O)CO.CCC(C)O.CCC(CO)CO.CCC(O)CO.CCCC(CO)CO.CCCC(O)CO.CCCCCCCO.CCCCCCO.CCCCCO.CCCCO.CCCO. The molecule has 7 unspecified atom stereocenters. The molecule has 0 aromatic carbocycles. The number of unbranched alkanes of at least 4 members (excludes halogenated alkanes) is 10. The van der Waals surface area contributed by atoms with E-state index in [4.69, 9.17) is 128 Å². The van der Waals surface area contributed by atoms with Gasteiger partial charge in [0.15, 0.2) is 0 Å². The van der Waals surface area contributed by atoms with Gasteiger partial charge in [-0.15, -0.1) is 0 Å². The zero-order valence-corrected chi connectivity index (χ0v) is 73.0. The third-order valence-electron chi connectivity index (χ3n) is 14.9. The van der Waals surface area contributed by atoms with Crippen molar-refractivity contribution in [3.8, 4) is 0 Å². The Balaban J connectivity index is -0.0000000584. The fraction of sp³-hybridized carbons (Fsp3) is 1.00. The van der Waals surface area contributed by atoms with Gasteiger partial charge in [0.1, 0.15) is 0 Å². The van der Waals surface area contributed by atoms with Crippen LogP contribution in [0.5, 0.6) is 0 Å². The van der Waals surface area contributed by atoms with Crippen molar-refractivity contribution in [1.82, 2.24) is 0 Å².